The van der Waals surface area contributed by atoms with E-state index in [1.807, 2.05) is 23.6 Å². The number of benzene rings is 1. The molecule has 0 bridgehead atoms. The molecule has 2 heterocycles. The number of rotatable bonds is 5. The van der Waals surface area contributed by atoms with Gasteiger partial charge in [-0.15, -0.1) is 0 Å². The highest BCUT2D eigenvalue weighted by Gasteiger charge is 2.22. The van der Waals surface area contributed by atoms with Crippen LogP contribution >= 0.6 is 11.6 Å². The lowest BCUT2D eigenvalue weighted by molar-refractivity contribution is -0.133. The summed E-state index contributed by atoms with van der Waals surface area (Å²) in [6.45, 7) is 6.98. The SMILES string of the molecule is Cc1nn(CCC(=O)N2CCN(Cc3cccc(F)c3F)CC2)c(C)c1Cl. The van der Waals surface area contributed by atoms with Gasteiger partial charge in [0.05, 0.1) is 23.0 Å². The maximum Gasteiger partial charge on any atom is 0.224 e. The van der Waals surface area contributed by atoms with Crippen molar-refractivity contribution in [1.29, 1.82) is 0 Å². The molecule has 0 aliphatic carbocycles. The minimum atomic E-state index is -0.828. The van der Waals surface area contributed by atoms with Crippen LogP contribution in [0.25, 0.3) is 0 Å². The second-order valence-electron chi connectivity index (χ2n) is 6.83. The van der Waals surface area contributed by atoms with Crippen LogP contribution in [0.3, 0.4) is 0 Å². The van der Waals surface area contributed by atoms with Crippen molar-refractivity contribution in [3.8, 4) is 0 Å². The molecule has 1 amide bonds. The van der Waals surface area contributed by atoms with Crippen molar-refractivity contribution >= 4 is 17.5 Å². The first-order valence-corrected chi connectivity index (χ1v) is 9.37. The van der Waals surface area contributed by atoms with E-state index in [0.717, 1.165) is 17.5 Å². The maximum atomic E-state index is 13.8. The monoisotopic (exact) mass is 396 g/mol. The standard InChI is InChI=1S/C19H23ClF2N4O/c1-13-18(20)14(2)26(23-13)7-6-17(27)25-10-8-24(9-11-25)12-15-4-3-5-16(21)19(15)22/h3-5H,6-12H2,1-2H3. The zero-order chi connectivity index (χ0) is 19.6. The Hall–Kier alpha value is -1.99. The van der Waals surface area contributed by atoms with Gasteiger partial charge in [-0.3, -0.25) is 14.4 Å². The molecule has 5 nitrogen and oxygen atoms in total. The fraction of sp³-hybridized carbons (Fsp3) is 0.474. The number of hydrogen-bond donors (Lipinski definition) is 0. The summed E-state index contributed by atoms with van der Waals surface area (Å²) in [5, 5.41) is 4.98. The number of carbonyl (C=O) groups excluding carboxylic acids is 1. The van der Waals surface area contributed by atoms with E-state index in [-0.39, 0.29) is 5.91 Å². The minimum Gasteiger partial charge on any atom is -0.340 e. The molecule has 0 atom stereocenters. The first-order chi connectivity index (χ1) is 12.9. The lowest BCUT2D eigenvalue weighted by Crippen LogP contribution is -2.48. The molecule has 0 spiro atoms. The van der Waals surface area contributed by atoms with Gasteiger partial charge in [0, 0.05) is 44.7 Å². The molecule has 1 aromatic carbocycles. The molecule has 1 aliphatic heterocycles. The average molecular weight is 397 g/mol. The van der Waals surface area contributed by atoms with Crippen molar-refractivity contribution in [3.05, 3.63) is 51.8 Å². The van der Waals surface area contributed by atoms with Gasteiger partial charge in [-0.2, -0.15) is 5.10 Å². The number of hydrogen-bond acceptors (Lipinski definition) is 3. The molecule has 3 rings (SSSR count). The van der Waals surface area contributed by atoms with Gasteiger partial charge in [-0.05, 0) is 19.9 Å². The second kappa shape index (κ2) is 8.35. The van der Waals surface area contributed by atoms with Crippen LogP contribution in [0.4, 0.5) is 8.78 Å². The van der Waals surface area contributed by atoms with Crippen molar-refractivity contribution in [3.63, 3.8) is 0 Å². The number of amides is 1. The Morgan fingerprint density at radius 3 is 2.52 bits per heavy atom. The summed E-state index contributed by atoms with van der Waals surface area (Å²) in [6.07, 6.45) is 0.358. The lowest BCUT2D eigenvalue weighted by atomic mass is 10.1. The third-order valence-electron chi connectivity index (χ3n) is 4.98. The van der Waals surface area contributed by atoms with Gasteiger partial charge in [0.25, 0.3) is 0 Å². The molecule has 146 valence electrons. The normalized spacial score (nSPS) is 15.4. The molecule has 1 aliphatic rings. The van der Waals surface area contributed by atoms with Gasteiger partial charge in [0.1, 0.15) is 0 Å². The summed E-state index contributed by atoms with van der Waals surface area (Å²) in [6, 6.07) is 4.22. The Labute approximate surface area is 162 Å². The Bertz CT molecular complexity index is 831. The summed E-state index contributed by atoms with van der Waals surface area (Å²) in [5.74, 6) is -1.56. The van der Waals surface area contributed by atoms with Gasteiger partial charge in [0.2, 0.25) is 5.91 Å². The summed E-state index contributed by atoms with van der Waals surface area (Å²) in [7, 11) is 0. The third-order valence-corrected chi connectivity index (χ3v) is 5.53. The van der Waals surface area contributed by atoms with Crippen LogP contribution in [-0.2, 0) is 17.9 Å². The van der Waals surface area contributed by atoms with E-state index in [9.17, 15) is 13.6 Å². The summed E-state index contributed by atoms with van der Waals surface area (Å²) < 4.78 is 28.9. The second-order valence-corrected chi connectivity index (χ2v) is 7.21. The van der Waals surface area contributed by atoms with Crippen LogP contribution in [0, 0.1) is 25.5 Å². The fourth-order valence-electron chi connectivity index (χ4n) is 3.32. The van der Waals surface area contributed by atoms with E-state index < -0.39 is 11.6 Å². The average Bonchev–Trinajstić information content (AvgIpc) is 2.91. The largest absolute Gasteiger partial charge is 0.340 e. The van der Waals surface area contributed by atoms with Crippen molar-refractivity contribution in [2.24, 2.45) is 0 Å². The molecular formula is C19H23ClF2N4O. The highest BCUT2D eigenvalue weighted by molar-refractivity contribution is 6.31. The first-order valence-electron chi connectivity index (χ1n) is 8.99. The first kappa shape index (κ1) is 19.8. The van der Waals surface area contributed by atoms with Crippen LogP contribution in [0.1, 0.15) is 23.4 Å². The number of aryl methyl sites for hydroxylation is 2. The maximum absolute atomic E-state index is 13.8. The number of piperazine rings is 1. The Morgan fingerprint density at radius 1 is 1.19 bits per heavy atom. The third kappa shape index (κ3) is 4.47. The van der Waals surface area contributed by atoms with Crippen molar-refractivity contribution in [1.82, 2.24) is 19.6 Å². The number of carbonyl (C=O) groups is 1. The van der Waals surface area contributed by atoms with Gasteiger partial charge in [-0.25, -0.2) is 8.78 Å². The minimum absolute atomic E-state index is 0.0651. The fourth-order valence-corrected chi connectivity index (χ4v) is 3.45. The number of halogens is 3. The van der Waals surface area contributed by atoms with Gasteiger partial charge < -0.3 is 4.90 Å². The van der Waals surface area contributed by atoms with Crippen LogP contribution in [0.15, 0.2) is 18.2 Å². The van der Waals surface area contributed by atoms with E-state index in [2.05, 4.69) is 5.10 Å². The highest BCUT2D eigenvalue weighted by Crippen LogP contribution is 2.19. The van der Waals surface area contributed by atoms with Crippen molar-refractivity contribution in [2.45, 2.75) is 33.4 Å². The topological polar surface area (TPSA) is 41.4 Å². The van der Waals surface area contributed by atoms with Crippen LogP contribution in [0.5, 0.6) is 0 Å². The van der Waals surface area contributed by atoms with Crippen LogP contribution in [-0.4, -0.2) is 51.7 Å². The van der Waals surface area contributed by atoms with Gasteiger partial charge in [0.15, 0.2) is 11.6 Å². The molecule has 0 unspecified atom stereocenters. The van der Waals surface area contributed by atoms with Gasteiger partial charge >= 0.3 is 0 Å². The van der Waals surface area contributed by atoms with E-state index in [1.54, 1.807) is 10.7 Å². The summed E-state index contributed by atoms with van der Waals surface area (Å²) in [4.78, 5) is 16.3. The zero-order valence-electron chi connectivity index (χ0n) is 15.5. The number of aromatic nitrogens is 2. The van der Waals surface area contributed by atoms with Crippen LogP contribution in [0.2, 0.25) is 5.02 Å². The summed E-state index contributed by atoms with van der Waals surface area (Å²) >= 11 is 6.13. The van der Waals surface area contributed by atoms with E-state index in [1.165, 1.54) is 6.07 Å². The predicted octanol–water partition coefficient (Wildman–Crippen LogP) is 3.17. The quantitative estimate of drug-likeness (QED) is 0.779. The van der Waals surface area contributed by atoms with Crippen molar-refractivity contribution < 1.29 is 13.6 Å². The van der Waals surface area contributed by atoms with Crippen LogP contribution < -0.4 is 0 Å². The Balaban J connectivity index is 1.49. The highest BCUT2D eigenvalue weighted by atomic mass is 35.5. The molecule has 2 aromatic rings. The Morgan fingerprint density at radius 2 is 1.89 bits per heavy atom. The zero-order valence-corrected chi connectivity index (χ0v) is 16.3. The number of nitrogens with zero attached hydrogens (tertiary/aromatic N) is 4. The molecule has 0 saturated carbocycles. The van der Waals surface area contributed by atoms with E-state index >= 15 is 0 Å². The van der Waals surface area contributed by atoms with Crippen molar-refractivity contribution in [2.75, 3.05) is 26.2 Å². The van der Waals surface area contributed by atoms with E-state index in [0.29, 0.717) is 56.3 Å². The van der Waals surface area contributed by atoms with Gasteiger partial charge in [-0.1, -0.05) is 23.7 Å². The molecule has 8 heteroatoms. The lowest BCUT2D eigenvalue weighted by Gasteiger charge is -2.35. The molecule has 1 fully saturated rings. The molecule has 0 N–H and O–H groups in total. The summed E-state index contributed by atoms with van der Waals surface area (Å²) in [5.41, 5.74) is 1.97. The molecule has 1 saturated heterocycles. The predicted molar refractivity (Wildman–Crippen MR) is 99.5 cm³/mol. The smallest absolute Gasteiger partial charge is 0.224 e. The molecule has 0 radical (unpaired) electrons. The Kier molecular flexibility index (Phi) is 6.11. The van der Waals surface area contributed by atoms with E-state index in [4.69, 9.17) is 11.6 Å². The molecular weight excluding hydrogens is 374 g/mol. The molecule has 27 heavy (non-hydrogen) atoms. The molecule has 1 aromatic heterocycles.